The summed E-state index contributed by atoms with van der Waals surface area (Å²) in [6.07, 6.45) is 1.36. The molecule has 132 valence electrons. The Morgan fingerprint density at radius 3 is 2.64 bits per heavy atom. The second-order valence-electron chi connectivity index (χ2n) is 6.72. The van der Waals surface area contributed by atoms with E-state index in [1.165, 1.54) is 30.0 Å². The molecule has 6 nitrogen and oxygen atoms in total. The van der Waals surface area contributed by atoms with Crippen LogP contribution in [0, 0.1) is 22.6 Å². The molecule has 7 heteroatoms. The van der Waals surface area contributed by atoms with Crippen molar-refractivity contribution in [2.24, 2.45) is 5.41 Å². The first-order chi connectivity index (χ1) is 11.7. The van der Waals surface area contributed by atoms with E-state index < -0.39 is 11.8 Å². The number of ether oxygens (including phenoxy) is 2. The van der Waals surface area contributed by atoms with Crippen LogP contribution in [-0.4, -0.2) is 24.3 Å². The van der Waals surface area contributed by atoms with Crippen molar-refractivity contribution in [1.82, 2.24) is 4.57 Å². The van der Waals surface area contributed by atoms with Crippen molar-refractivity contribution < 1.29 is 18.7 Å². The number of aromatic nitrogens is 1. The lowest BCUT2D eigenvalue weighted by Crippen LogP contribution is -2.19. The smallest absolute Gasteiger partial charge is 0.357 e. The number of nitrogen functional groups attached to an aromatic ring is 1. The third-order valence-corrected chi connectivity index (χ3v) is 3.40. The molecule has 0 saturated carbocycles. The molecule has 0 aliphatic carbocycles. The van der Waals surface area contributed by atoms with Gasteiger partial charge in [-0.25, -0.2) is 9.18 Å². The molecule has 0 aliphatic heterocycles. The number of anilines is 1. The third kappa shape index (κ3) is 3.74. The average molecular weight is 345 g/mol. The number of rotatable bonds is 4. The first-order valence-corrected chi connectivity index (χ1v) is 7.60. The van der Waals surface area contributed by atoms with Gasteiger partial charge in [-0.3, -0.25) is 0 Å². The highest BCUT2D eigenvalue weighted by Crippen LogP contribution is 2.32. The predicted octanol–water partition coefficient (Wildman–Crippen LogP) is 3.28. The first-order valence-electron chi connectivity index (χ1n) is 7.60. The Hall–Kier alpha value is -3.01. The quantitative estimate of drug-likeness (QED) is 0.859. The molecule has 0 atom stereocenters. The monoisotopic (exact) mass is 345 g/mol. The van der Waals surface area contributed by atoms with Gasteiger partial charge in [-0.05, 0) is 17.5 Å². The van der Waals surface area contributed by atoms with Gasteiger partial charge in [-0.1, -0.05) is 26.8 Å². The number of hydrogen-bond donors (Lipinski definition) is 1. The number of methoxy groups -OCH3 is 1. The van der Waals surface area contributed by atoms with Crippen LogP contribution in [0.3, 0.4) is 0 Å². The zero-order valence-electron chi connectivity index (χ0n) is 14.6. The Bertz CT molecular complexity index is 844. The van der Waals surface area contributed by atoms with Crippen LogP contribution in [0.5, 0.6) is 5.75 Å². The third-order valence-electron chi connectivity index (χ3n) is 3.40. The molecule has 0 bridgehead atoms. The van der Waals surface area contributed by atoms with Gasteiger partial charge in [-0.15, -0.1) is 0 Å². The second kappa shape index (κ2) is 6.85. The van der Waals surface area contributed by atoms with E-state index in [0.29, 0.717) is 0 Å². The summed E-state index contributed by atoms with van der Waals surface area (Å²) in [5.41, 5.74) is 5.96. The minimum Gasteiger partial charge on any atom is -0.488 e. The van der Waals surface area contributed by atoms with Crippen LogP contribution in [0.4, 0.5) is 10.1 Å². The summed E-state index contributed by atoms with van der Waals surface area (Å²) in [4.78, 5) is 12.1. The molecule has 0 spiro atoms. The molecule has 2 aromatic rings. The van der Waals surface area contributed by atoms with E-state index in [4.69, 9.17) is 15.2 Å². The molecule has 1 aromatic heterocycles. The Kier molecular flexibility index (Phi) is 5.02. The van der Waals surface area contributed by atoms with Gasteiger partial charge in [0.15, 0.2) is 17.3 Å². The number of carbonyl (C=O) groups excluding carboxylic acids is 1. The fourth-order valence-corrected chi connectivity index (χ4v) is 2.22. The molecule has 1 aromatic carbocycles. The standard InChI is InChI=1S/C18H20FN3O3/c1-18(2,3)10-25-16-12(19)6-5-7-13(16)22-9-11(8-20)14(21)15(22)17(23)24-4/h5-7,9H,10,21H2,1-4H3. The molecule has 0 aliphatic rings. The number of benzene rings is 1. The van der Waals surface area contributed by atoms with Crippen molar-refractivity contribution in [2.45, 2.75) is 20.8 Å². The lowest BCUT2D eigenvalue weighted by molar-refractivity contribution is 0.0593. The van der Waals surface area contributed by atoms with Gasteiger partial charge in [-0.2, -0.15) is 5.26 Å². The molecule has 1 heterocycles. The van der Waals surface area contributed by atoms with Crippen molar-refractivity contribution in [3.8, 4) is 17.5 Å². The van der Waals surface area contributed by atoms with E-state index in [1.54, 1.807) is 6.07 Å². The van der Waals surface area contributed by atoms with Crippen molar-refractivity contribution in [3.63, 3.8) is 0 Å². The predicted molar refractivity (Wildman–Crippen MR) is 91.1 cm³/mol. The van der Waals surface area contributed by atoms with Crippen LogP contribution < -0.4 is 10.5 Å². The largest absolute Gasteiger partial charge is 0.488 e. The zero-order chi connectivity index (χ0) is 18.8. The minimum atomic E-state index is -0.731. The lowest BCUT2D eigenvalue weighted by atomic mass is 9.99. The van der Waals surface area contributed by atoms with Crippen LogP contribution in [0.25, 0.3) is 5.69 Å². The number of para-hydroxylation sites is 1. The van der Waals surface area contributed by atoms with Crippen LogP contribution in [0.1, 0.15) is 36.8 Å². The number of carbonyl (C=O) groups is 1. The summed E-state index contributed by atoms with van der Waals surface area (Å²) in [7, 11) is 1.20. The van der Waals surface area contributed by atoms with Crippen LogP contribution in [0.2, 0.25) is 0 Å². The molecule has 25 heavy (non-hydrogen) atoms. The highest BCUT2D eigenvalue weighted by molar-refractivity contribution is 5.96. The van der Waals surface area contributed by atoms with Crippen molar-refractivity contribution >= 4 is 11.7 Å². The number of nitrogens with two attached hydrogens (primary N) is 1. The molecule has 0 radical (unpaired) electrons. The van der Waals surface area contributed by atoms with Crippen molar-refractivity contribution in [2.75, 3.05) is 19.5 Å². The SMILES string of the molecule is COC(=O)c1c(N)c(C#N)cn1-c1cccc(F)c1OCC(C)(C)C. The molecule has 0 saturated heterocycles. The summed E-state index contributed by atoms with van der Waals surface area (Å²) >= 11 is 0. The maximum absolute atomic E-state index is 14.4. The summed E-state index contributed by atoms with van der Waals surface area (Å²) in [6.45, 7) is 6.12. The highest BCUT2D eigenvalue weighted by Gasteiger charge is 2.25. The molecule has 0 fully saturated rings. The summed E-state index contributed by atoms with van der Waals surface area (Å²) < 4.78 is 26.1. The lowest BCUT2D eigenvalue weighted by Gasteiger charge is -2.21. The van der Waals surface area contributed by atoms with Crippen LogP contribution >= 0.6 is 0 Å². The zero-order valence-corrected chi connectivity index (χ0v) is 14.6. The second-order valence-corrected chi connectivity index (χ2v) is 6.72. The summed E-state index contributed by atoms with van der Waals surface area (Å²) in [5, 5.41) is 9.19. The van der Waals surface area contributed by atoms with Gasteiger partial charge >= 0.3 is 5.97 Å². The van der Waals surface area contributed by atoms with Crippen molar-refractivity contribution in [3.05, 3.63) is 41.5 Å². The molecular weight excluding hydrogens is 325 g/mol. The Labute approximate surface area is 145 Å². The van der Waals surface area contributed by atoms with E-state index in [1.807, 2.05) is 26.8 Å². The van der Waals surface area contributed by atoms with Crippen LogP contribution in [0.15, 0.2) is 24.4 Å². The maximum atomic E-state index is 14.4. The van der Waals surface area contributed by atoms with Crippen molar-refractivity contribution in [1.29, 1.82) is 5.26 Å². The van der Waals surface area contributed by atoms with E-state index in [0.717, 1.165) is 0 Å². The number of esters is 1. The normalized spacial score (nSPS) is 11.0. The maximum Gasteiger partial charge on any atom is 0.357 e. The van der Waals surface area contributed by atoms with Gasteiger partial charge in [0.1, 0.15) is 6.07 Å². The fourth-order valence-electron chi connectivity index (χ4n) is 2.22. The highest BCUT2D eigenvalue weighted by atomic mass is 19.1. The number of hydrogen-bond acceptors (Lipinski definition) is 5. The molecule has 2 N–H and O–H groups in total. The van der Waals surface area contributed by atoms with Gasteiger partial charge in [0.2, 0.25) is 0 Å². The van der Waals surface area contributed by atoms with E-state index >= 15 is 0 Å². The summed E-state index contributed by atoms with van der Waals surface area (Å²) in [6, 6.07) is 6.23. The first kappa shape index (κ1) is 18.3. The van der Waals surface area contributed by atoms with E-state index in [-0.39, 0.29) is 40.4 Å². The van der Waals surface area contributed by atoms with E-state index in [2.05, 4.69) is 0 Å². The van der Waals surface area contributed by atoms with Gasteiger partial charge in [0.05, 0.1) is 30.7 Å². The topological polar surface area (TPSA) is 90.3 Å². The minimum absolute atomic E-state index is 0.0259. The van der Waals surface area contributed by atoms with Gasteiger partial charge in [0, 0.05) is 6.20 Å². The fraction of sp³-hybridized carbons (Fsp3) is 0.333. The number of nitrogens with zero attached hydrogens (tertiary/aromatic N) is 2. The van der Waals surface area contributed by atoms with E-state index in [9.17, 15) is 14.4 Å². The molecule has 2 rings (SSSR count). The number of halogens is 1. The number of nitriles is 1. The average Bonchev–Trinajstić information content (AvgIpc) is 2.88. The molecule has 0 amide bonds. The summed E-state index contributed by atoms with van der Waals surface area (Å²) in [5.74, 6) is -1.34. The molecular formula is C18H20FN3O3. The van der Waals surface area contributed by atoms with Crippen LogP contribution in [-0.2, 0) is 4.74 Å². The van der Waals surface area contributed by atoms with Gasteiger partial charge in [0.25, 0.3) is 0 Å². The Balaban J connectivity index is 2.65. The Morgan fingerprint density at radius 1 is 1.40 bits per heavy atom. The van der Waals surface area contributed by atoms with Gasteiger partial charge < -0.3 is 19.8 Å². The Morgan fingerprint density at radius 2 is 2.08 bits per heavy atom. The molecule has 0 unspecified atom stereocenters.